The van der Waals surface area contributed by atoms with Crippen LogP contribution in [-0.4, -0.2) is 35.5 Å². The lowest BCUT2D eigenvalue weighted by Gasteiger charge is -2.13. The van der Waals surface area contributed by atoms with E-state index in [4.69, 9.17) is 0 Å². The van der Waals surface area contributed by atoms with Crippen LogP contribution in [0.25, 0.3) is 0 Å². The van der Waals surface area contributed by atoms with Gasteiger partial charge in [-0.25, -0.2) is 9.97 Å². The van der Waals surface area contributed by atoms with E-state index in [1.165, 1.54) is 6.33 Å². The summed E-state index contributed by atoms with van der Waals surface area (Å²) in [5.41, 5.74) is 0. The first-order valence-electron chi connectivity index (χ1n) is 5.21. The molecule has 16 heavy (non-hydrogen) atoms. The molecule has 1 atom stereocenters. The van der Waals surface area contributed by atoms with Crippen LogP contribution in [0.15, 0.2) is 12.4 Å². The molecule has 1 aromatic rings. The molecule has 0 radical (unpaired) electrons. The highest BCUT2D eigenvalue weighted by Crippen LogP contribution is 2.08. The smallest absolute Gasteiger partial charge is 0.242 e. The molecule has 3 N–H and O–H groups in total. The molecule has 0 saturated carbocycles. The van der Waals surface area contributed by atoms with Crippen LogP contribution >= 0.6 is 0 Å². The SMILES string of the molecule is CCNC(=O)C(C)Nc1cc(NC)ncn1. The molecule has 0 aliphatic rings. The number of nitrogens with one attached hydrogen (secondary N) is 3. The summed E-state index contributed by atoms with van der Waals surface area (Å²) in [6.07, 6.45) is 1.44. The number of hydrogen-bond donors (Lipinski definition) is 3. The molecule has 0 spiro atoms. The fraction of sp³-hybridized carbons (Fsp3) is 0.500. The van der Waals surface area contributed by atoms with Gasteiger partial charge < -0.3 is 16.0 Å². The molecule has 1 amide bonds. The molecule has 1 aromatic heterocycles. The third-order valence-electron chi connectivity index (χ3n) is 2.03. The van der Waals surface area contributed by atoms with Gasteiger partial charge in [0.2, 0.25) is 5.91 Å². The van der Waals surface area contributed by atoms with E-state index in [1.54, 1.807) is 20.0 Å². The van der Waals surface area contributed by atoms with E-state index in [1.807, 2.05) is 6.92 Å². The van der Waals surface area contributed by atoms with Gasteiger partial charge in [0.25, 0.3) is 0 Å². The Morgan fingerprint density at radius 2 is 2.12 bits per heavy atom. The summed E-state index contributed by atoms with van der Waals surface area (Å²) in [5, 5.41) is 8.64. The molecule has 88 valence electrons. The monoisotopic (exact) mass is 223 g/mol. The quantitative estimate of drug-likeness (QED) is 0.675. The fourth-order valence-electron chi connectivity index (χ4n) is 1.19. The van der Waals surface area contributed by atoms with Crippen LogP contribution in [0.3, 0.4) is 0 Å². The summed E-state index contributed by atoms with van der Waals surface area (Å²) in [6.45, 7) is 4.29. The van der Waals surface area contributed by atoms with Crippen molar-refractivity contribution in [1.82, 2.24) is 15.3 Å². The Kier molecular flexibility index (Phi) is 4.50. The number of anilines is 2. The van der Waals surface area contributed by atoms with Crippen LogP contribution in [0.5, 0.6) is 0 Å². The molecule has 0 aromatic carbocycles. The van der Waals surface area contributed by atoms with Crippen molar-refractivity contribution in [3.05, 3.63) is 12.4 Å². The summed E-state index contributed by atoms with van der Waals surface area (Å²) in [7, 11) is 1.78. The van der Waals surface area contributed by atoms with Crippen molar-refractivity contribution in [1.29, 1.82) is 0 Å². The third-order valence-corrected chi connectivity index (χ3v) is 2.03. The first-order valence-corrected chi connectivity index (χ1v) is 5.21. The Morgan fingerprint density at radius 1 is 1.44 bits per heavy atom. The minimum atomic E-state index is -0.320. The first kappa shape index (κ1) is 12.2. The molecule has 0 bridgehead atoms. The average Bonchev–Trinajstić information content (AvgIpc) is 2.29. The fourth-order valence-corrected chi connectivity index (χ4v) is 1.19. The molecule has 0 fully saturated rings. The number of likely N-dealkylation sites (N-methyl/N-ethyl adjacent to an activating group) is 1. The van der Waals surface area contributed by atoms with Crippen LogP contribution in [0.4, 0.5) is 11.6 Å². The van der Waals surface area contributed by atoms with E-state index in [9.17, 15) is 4.79 Å². The molecule has 6 nitrogen and oxygen atoms in total. The van der Waals surface area contributed by atoms with Gasteiger partial charge in [0.1, 0.15) is 24.0 Å². The van der Waals surface area contributed by atoms with Crippen molar-refractivity contribution in [3.8, 4) is 0 Å². The summed E-state index contributed by atoms with van der Waals surface area (Å²) in [5.74, 6) is 1.28. The molecule has 1 unspecified atom stereocenters. The van der Waals surface area contributed by atoms with Crippen LogP contribution < -0.4 is 16.0 Å². The molecular formula is C10H17N5O. The molecule has 1 heterocycles. The highest BCUT2D eigenvalue weighted by atomic mass is 16.2. The summed E-state index contributed by atoms with van der Waals surface area (Å²) in [6, 6.07) is 1.43. The summed E-state index contributed by atoms with van der Waals surface area (Å²) >= 11 is 0. The van der Waals surface area contributed by atoms with E-state index in [2.05, 4.69) is 25.9 Å². The van der Waals surface area contributed by atoms with Crippen molar-refractivity contribution in [2.45, 2.75) is 19.9 Å². The maximum Gasteiger partial charge on any atom is 0.242 e. The van der Waals surface area contributed by atoms with Gasteiger partial charge in [-0.05, 0) is 13.8 Å². The number of amides is 1. The molecule has 6 heteroatoms. The van der Waals surface area contributed by atoms with Gasteiger partial charge in [-0.15, -0.1) is 0 Å². The lowest BCUT2D eigenvalue weighted by Crippen LogP contribution is -2.37. The van der Waals surface area contributed by atoms with E-state index in [-0.39, 0.29) is 11.9 Å². The van der Waals surface area contributed by atoms with Gasteiger partial charge in [0, 0.05) is 19.7 Å². The van der Waals surface area contributed by atoms with Crippen molar-refractivity contribution in [2.75, 3.05) is 24.2 Å². The number of rotatable bonds is 5. The predicted molar refractivity (Wildman–Crippen MR) is 63.3 cm³/mol. The second-order valence-corrected chi connectivity index (χ2v) is 3.30. The third kappa shape index (κ3) is 3.38. The lowest BCUT2D eigenvalue weighted by atomic mass is 10.3. The van der Waals surface area contributed by atoms with Gasteiger partial charge in [-0.1, -0.05) is 0 Å². The van der Waals surface area contributed by atoms with Crippen LogP contribution in [0, 0.1) is 0 Å². The molecule has 0 aliphatic heterocycles. The van der Waals surface area contributed by atoms with Gasteiger partial charge in [-0.2, -0.15) is 0 Å². The number of hydrogen-bond acceptors (Lipinski definition) is 5. The van der Waals surface area contributed by atoms with E-state index < -0.39 is 0 Å². The van der Waals surface area contributed by atoms with Crippen LogP contribution in [0.2, 0.25) is 0 Å². The Balaban J connectivity index is 2.61. The Morgan fingerprint density at radius 3 is 2.75 bits per heavy atom. The van der Waals surface area contributed by atoms with Crippen molar-refractivity contribution >= 4 is 17.5 Å². The van der Waals surface area contributed by atoms with E-state index >= 15 is 0 Å². The number of carbonyl (C=O) groups excluding carboxylic acids is 1. The van der Waals surface area contributed by atoms with Crippen LogP contribution in [-0.2, 0) is 4.79 Å². The Hall–Kier alpha value is -1.85. The maximum atomic E-state index is 11.5. The number of aromatic nitrogens is 2. The van der Waals surface area contributed by atoms with Crippen LogP contribution in [0.1, 0.15) is 13.8 Å². The highest BCUT2D eigenvalue weighted by molar-refractivity contribution is 5.83. The normalized spacial score (nSPS) is 11.7. The molecule has 0 saturated heterocycles. The van der Waals surface area contributed by atoms with E-state index in [0.717, 1.165) is 0 Å². The number of carbonyl (C=O) groups is 1. The standard InChI is InChI=1S/C10H17N5O/c1-4-12-10(16)7(2)15-9-5-8(11-3)13-6-14-9/h5-7H,4H2,1-3H3,(H,12,16)(H2,11,13,14,15). The van der Waals surface area contributed by atoms with Crippen molar-refractivity contribution in [2.24, 2.45) is 0 Å². The molecule has 0 aliphatic carbocycles. The van der Waals surface area contributed by atoms with Gasteiger partial charge >= 0.3 is 0 Å². The molecular weight excluding hydrogens is 206 g/mol. The Bertz CT molecular complexity index is 355. The largest absolute Gasteiger partial charge is 0.373 e. The van der Waals surface area contributed by atoms with Gasteiger partial charge in [-0.3, -0.25) is 4.79 Å². The predicted octanol–water partition coefficient (Wildman–Crippen LogP) is 0.455. The number of nitrogens with zero attached hydrogens (tertiary/aromatic N) is 2. The topological polar surface area (TPSA) is 78.9 Å². The van der Waals surface area contributed by atoms with Crippen molar-refractivity contribution < 1.29 is 4.79 Å². The molecule has 1 rings (SSSR count). The minimum Gasteiger partial charge on any atom is -0.373 e. The van der Waals surface area contributed by atoms with Gasteiger partial charge in [0.05, 0.1) is 0 Å². The maximum absolute atomic E-state index is 11.5. The lowest BCUT2D eigenvalue weighted by molar-refractivity contribution is -0.121. The van der Waals surface area contributed by atoms with Gasteiger partial charge in [0.15, 0.2) is 0 Å². The second kappa shape index (κ2) is 5.89. The minimum absolute atomic E-state index is 0.0490. The second-order valence-electron chi connectivity index (χ2n) is 3.30. The zero-order chi connectivity index (χ0) is 12.0. The summed E-state index contributed by atoms with van der Waals surface area (Å²) in [4.78, 5) is 19.5. The van der Waals surface area contributed by atoms with Crippen molar-refractivity contribution in [3.63, 3.8) is 0 Å². The average molecular weight is 223 g/mol. The first-order chi connectivity index (χ1) is 7.67. The van der Waals surface area contributed by atoms with E-state index in [0.29, 0.717) is 18.2 Å². The Labute approximate surface area is 94.9 Å². The zero-order valence-electron chi connectivity index (χ0n) is 9.74. The highest BCUT2D eigenvalue weighted by Gasteiger charge is 2.11. The summed E-state index contributed by atoms with van der Waals surface area (Å²) < 4.78 is 0. The zero-order valence-corrected chi connectivity index (χ0v) is 9.74.